The lowest BCUT2D eigenvalue weighted by molar-refractivity contribution is 0.904. The highest BCUT2D eigenvalue weighted by Crippen LogP contribution is 2.55. The maximum absolute atomic E-state index is 3.88. The third-order valence-electron chi connectivity index (χ3n) is 10.8. The van der Waals surface area contributed by atoms with Crippen LogP contribution in [0.15, 0.2) is 152 Å². The van der Waals surface area contributed by atoms with Crippen molar-refractivity contribution in [1.82, 2.24) is 0 Å². The Labute approximate surface area is 273 Å². The Balaban J connectivity index is 1.09. The van der Waals surface area contributed by atoms with Crippen LogP contribution in [0.3, 0.4) is 0 Å². The Morgan fingerprint density at radius 1 is 0.426 bits per heavy atom. The number of hydrogen-bond donors (Lipinski definition) is 1. The summed E-state index contributed by atoms with van der Waals surface area (Å²) in [6.45, 7) is 0. The summed E-state index contributed by atoms with van der Waals surface area (Å²) in [4.78, 5) is 0. The Morgan fingerprint density at radius 3 is 1.96 bits per heavy atom. The van der Waals surface area contributed by atoms with Crippen molar-refractivity contribution in [3.63, 3.8) is 0 Å². The topological polar surface area (TPSA) is 12.0 Å². The van der Waals surface area contributed by atoms with Crippen LogP contribution in [0.2, 0.25) is 0 Å². The molecule has 8 aromatic carbocycles. The number of rotatable bonds is 3. The van der Waals surface area contributed by atoms with Crippen molar-refractivity contribution in [3.05, 3.63) is 163 Å². The smallest absolute Gasteiger partial charge is 0.0488 e. The number of hydrogen-bond acceptors (Lipinski definition) is 1. The maximum atomic E-state index is 3.88. The Morgan fingerprint density at radius 2 is 1.06 bits per heavy atom. The quantitative estimate of drug-likeness (QED) is 0.200. The summed E-state index contributed by atoms with van der Waals surface area (Å²) in [5, 5.41) is 14.5. The lowest BCUT2D eigenvalue weighted by Gasteiger charge is -2.23. The van der Waals surface area contributed by atoms with E-state index >= 15 is 0 Å². The van der Waals surface area contributed by atoms with Crippen molar-refractivity contribution >= 4 is 59.9 Å². The summed E-state index contributed by atoms with van der Waals surface area (Å²) < 4.78 is 0. The minimum atomic E-state index is 0.227. The second kappa shape index (κ2) is 9.31. The molecule has 218 valence electrons. The highest BCUT2D eigenvalue weighted by atomic mass is 14.9. The van der Waals surface area contributed by atoms with E-state index in [4.69, 9.17) is 0 Å². The first-order chi connectivity index (χ1) is 23.3. The van der Waals surface area contributed by atoms with Crippen LogP contribution in [-0.4, -0.2) is 6.04 Å². The van der Waals surface area contributed by atoms with Crippen molar-refractivity contribution < 1.29 is 0 Å². The van der Waals surface area contributed by atoms with E-state index in [2.05, 4.69) is 157 Å². The molecule has 0 heterocycles. The second-order valence-electron chi connectivity index (χ2n) is 13.2. The Hall–Kier alpha value is -5.92. The fourth-order valence-corrected chi connectivity index (χ4v) is 8.93. The molecule has 0 spiro atoms. The molecule has 11 rings (SSSR count). The van der Waals surface area contributed by atoms with Gasteiger partial charge in [-0.2, -0.15) is 0 Å². The fraction of sp³-hybridized carbons (Fsp3) is 0.0435. The lowest BCUT2D eigenvalue weighted by atomic mass is 9.85. The van der Waals surface area contributed by atoms with Gasteiger partial charge in [0.05, 0.1) is 0 Å². The van der Waals surface area contributed by atoms with Crippen LogP contribution in [0, 0.1) is 0 Å². The van der Waals surface area contributed by atoms with Gasteiger partial charge in [-0.15, -0.1) is 0 Å². The van der Waals surface area contributed by atoms with Gasteiger partial charge >= 0.3 is 0 Å². The molecule has 47 heavy (non-hydrogen) atoms. The third kappa shape index (κ3) is 3.38. The number of allylic oxidation sites excluding steroid dienone is 2. The van der Waals surface area contributed by atoms with E-state index in [-0.39, 0.29) is 6.04 Å². The van der Waals surface area contributed by atoms with Crippen LogP contribution in [0.1, 0.15) is 17.5 Å². The number of anilines is 1. The first-order valence-corrected chi connectivity index (χ1v) is 16.6. The van der Waals surface area contributed by atoms with E-state index in [1.807, 2.05) is 0 Å². The van der Waals surface area contributed by atoms with Gasteiger partial charge in [-0.3, -0.25) is 0 Å². The van der Waals surface area contributed by atoms with Crippen LogP contribution in [0.25, 0.3) is 87.6 Å². The van der Waals surface area contributed by atoms with Crippen LogP contribution in [-0.2, 0) is 0 Å². The van der Waals surface area contributed by atoms with Crippen LogP contribution in [0.4, 0.5) is 5.69 Å². The predicted octanol–water partition coefficient (Wildman–Crippen LogP) is 12.3. The number of nitrogens with one attached hydrogen (secondary N) is 1. The van der Waals surface area contributed by atoms with E-state index in [1.54, 1.807) is 0 Å². The van der Waals surface area contributed by atoms with Gasteiger partial charge in [0.25, 0.3) is 0 Å². The summed E-state index contributed by atoms with van der Waals surface area (Å²) in [7, 11) is 0. The monoisotopic (exact) mass is 595 g/mol. The highest BCUT2D eigenvalue weighted by Gasteiger charge is 2.30. The SMILES string of the molecule is C1=CC(Nc2cccc3ccccc23)CC2=C1c1ccc(-c3c4ccccc4c4c5c(cccc35)-c3ccccc3-4)c3cccc2c13. The molecule has 1 N–H and O–H groups in total. The molecular formula is C46H29N. The van der Waals surface area contributed by atoms with Gasteiger partial charge < -0.3 is 5.32 Å². The van der Waals surface area contributed by atoms with Crippen LogP contribution < -0.4 is 5.32 Å². The molecule has 0 saturated heterocycles. The molecule has 0 radical (unpaired) electrons. The Kier molecular flexibility index (Phi) is 5.01. The molecule has 0 fully saturated rings. The number of benzene rings is 8. The van der Waals surface area contributed by atoms with Gasteiger partial charge in [0, 0.05) is 17.1 Å². The molecule has 0 saturated carbocycles. The average molecular weight is 596 g/mol. The molecule has 1 nitrogen and oxygen atoms in total. The minimum Gasteiger partial charge on any atom is -0.378 e. The first-order valence-electron chi connectivity index (χ1n) is 16.6. The van der Waals surface area contributed by atoms with Crippen molar-refractivity contribution in [2.75, 3.05) is 5.32 Å². The van der Waals surface area contributed by atoms with Crippen molar-refractivity contribution in [3.8, 4) is 33.4 Å². The van der Waals surface area contributed by atoms with Gasteiger partial charge in [-0.1, -0.05) is 146 Å². The zero-order valence-electron chi connectivity index (χ0n) is 25.7. The van der Waals surface area contributed by atoms with Gasteiger partial charge in [-0.05, 0) is 106 Å². The van der Waals surface area contributed by atoms with Gasteiger partial charge in [-0.25, -0.2) is 0 Å². The predicted molar refractivity (Wildman–Crippen MR) is 201 cm³/mol. The minimum absolute atomic E-state index is 0.227. The van der Waals surface area contributed by atoms with E-state index in [9.17, 15) is 0 Å². The lowest BCUT2D eigenvalue weighted by Crippen LogP contribution is -2.19. The van der Waals surface area contributed by atoms with E-state index in [1.165, 1.54) is 104 Å². The molecule has 0 amide bonds. The summed E-state index contributed by atoms with van der Waals surface area (Å²) in [6.07, 6.45) is 5.68. The fourth-order valence-electron chi connectivity index (χ4n) is 8.93. The zero-order chi connectivity index (χ0) is 30.6. The zero-order valence-corrected chi connectivity index (χ0v) is 25.7. The first kappa shape index (κ1) is 25.3. The highest BCUT2D eigenvalue weighted by molar-refractivity contribution is 6.31. The van der Waals surface area contributed by atoms with Crippen molar-refractivity contribution in [2.45, 2.75) is 12.5 Å². The Bertz CT molecular complexity index is 2740. The molecule has 1 heteroatoms. The molecule has 1 atom stereocenters. The molecular weight excluding hydrogens is 567 g/mol. The summed E-state index contributed by atoms with van der Waals surface area (Å²) in [5.41, 5.74) is 14.8. The third-order valence-corrected chi connectivity index (χ3v) is 10.8. The van der Waals surface area contributed by atoms with Crippen LogP contribution in [0.5, 0.6) is 0 Å². The largest absolute Gasteiger partial charge is 0.378 e. The van der Waals surface area contributed by atoms with Crippen molar-refractivity contribution in [1.29, 1.82) is 0 Å². The standard InChI is InChI=1S/C46H29N/c1-2-12-29-27(10-1)11-7-21-42(29)47-28-22-23-31-38-24-25-39(35-18-8-19-37(43(35)38)41(31)26-28)44-34-15-5-6-16-36(34)45-32-14-4-3-13-30(32)33-17-9-20-40(44)46(33)45/h1-25,28,47H,26H2. The molecule has 0 aliphatic heterocycles. The molecule has 3 aliphatic carbocycles. The summed E-state index contributed by atoms with van der Waals surface area (Å²) >= 11 is 0. The second-order valence-corrected chi connectivity index (χ2v) is 13.2. The average Bonchev–Trinajstić information content (AvgIpc) is 3.64. The van der Waals surface area contributed by atoms with Gasteiger partial charge in [0.2, 0.25) is 0 Å². The van der Waals surface area contributed by atoms with Crippen LogP contribution >= 0.6 is 0 Å². The normalized spacial score (nSPS) is 15.6. The summed E-state index contributed by atoms with van der Waals surface area (Å²) in [6, 6.07) is 52.0. The van der Waals surface area contributed by atoms with E-state index < -0.39 is 0 Å². The van der Waals surface area contributed by atoms with Gasteiger partial charge in [0.15, 0.2) is 0 Å². The number of fused-ring (bicyclic) bond motifs is 8. The summed E-state index contributed by atoms with van der Waals surface area (Å²) in [5.74, 6) is 0. The molecule has 0 bridgehead atoms. The van der Waals surface area contributed by atoms with Crippen molar-refractivity contribution in [2.24, 2.45) is 0 Å². The molecule has 1 unspecified atom stereocenters. The molecule has 0 aromatic heterocycles. The molecule has 8 aromatic rings. The van der Waals surface area contributed by atoms with Gasteiger partial charge in [0.1, 0.15) is 0 Å². The maximum Gasteiger partial charge on any atom is 0.0488 e. The van der Waals surface area contributed by atoms with E-state index in [0.717, 1.165) is 6.42 Å². The van der Waals surface area contributed by atoms with E-state index in [0.29, 0.717) is 0 Å². The molecule has 3 aliphatic rings.